The minimum absolute atomic E-state index is 0.0538. The van der Waals surface area contributed by atoms with E-state index in [1.165, 1.54) is 5.57 Å². The summed E-state index contributed by atoms with van der Waals surface area (Å²) < 4.78 is 6.70. The highest BCUT2D eigenvalue weighted by Gasteiger charge is 2.60. The second kappa shape index (κ2) is 8.18. The maximum Gasteiger partial charge on any atom is 0.170 e. The summed E-state index contributed by atoms with van der Waals surface area (Å²) in [5.74, 6) is 0.642. The number of aromatic hydroxyl groups is 2. The van der Waals surface area contributed by atoms with Crippen LogP contribution in [0.3, 0.4) is 0 Å². The number of ketones is 1. The van der Waals surface area contributed by atoms with Crippen LogP contribution < -0.4 is 4.74 Å². The zero-order valence-electron chi connectivity index (χ0n) is 20.8. The maximum absolute atomic E-state index is 13.2. The highest BCUT2D eigenvalue weighted by atomic mass is 16.5. The molecule has 4 rings (SSSR count). The molecule has 3 aliphatic rings. The van der Waals surface area contributed by atoms with Gasteiger partial charge >= 0.3 is 0 Å². The zero-order valence-corrected chi connectivity index (χ0v) is 20.8. The maximum atomic E-state index is 13.2. The molecule has 1 fully saturated rings. The largest absolute Gasteiger partial charge is 0.507 e. The van der Waals surface area contributed by atoms with Crippen molar-refractivity contribution in [2.75, 3.05) is 0 Å². The Hall–Kier alpha value is -2.30. The molecule has 0 amide bonds. The highest BCUT2D eigenvalue weighted by molar-refractivity contribution is 6.05. The Labute approximate surface area is 197 Å². The quantitative estimate of drug-likeness (QED) is 0.319. The van der Waals surface area contributed by atoms with E-state index >= 15 is 0 Å². The monoisotopic (exact) mass is 454 g/mol. The van der Waals surface area contributed by atoms with E-state index in [0.29, 0.717) is 30.1 Å². The molecule has 1 aromatic rings. The number of carbonyl (C=O) groups excluding carboxylic acids is 2. The minimum atomic E-state index is -0.518. The van der Waals surface area contributed by atoms with E-state index in [2.05, 4.69) is 33.8 Å². The van der Waals surface area contributed by atoms with Crippen molar-refractivity contribution in [1.29, 1.82) is 0 Å². The molecule has 1 heterocycles. The average molecular weight is 455 g/mol. The molecular formula is C28H38O5. The molecule has 5 nitrogen and oxygen atoms in total. The summed E-state index contributed by atoms with van der Waals surface area (Å²) >= 11 is 0. The molecule has 180 valence electrons. The van der Waals surface area contributed by atoms with E-state index < -0.39 is 11.4 Å². The van der Waals surface area contributed by atoms with Gasteiger partial charge in [0.15, 0.2) is 12.1 Å². The molecule has 1 aromatic carbocycles. The van der Waals surface area contributed by atoms with Crippen molar-refractivity contribution < 1.29 is 24.5 Å². The van der Waals surface area contributed by atoms with Crippen LogP contribution in [0.5, 0.6) is 17.2 Å². The molecule has 5 heteroatoms. The molecule has 2 N–H and O–H groups in total. The average Bonchev–Trinajstić information content (AvgIpc) is 3.22. The van der Waals surface area contributed by atoms with Gasteiger partial charge < -0.3 is 14.9 Å². The van der Waals surface area contributed by atoms with E-state index in [9.17, 15) is 19.8 Å². The van der Waals surface area contributed by atoms with Crippen molar-refractivity contribution in [2.45, 2.75) is 85.7 Å². The van der Waals surface area contributed by atoms with E-state index in [-0.39, 0.29) is 52.1 Å². The van der Waals surface area contributed by atoms with Crippen LogP contribution in [-0.4, -0.2) is 27.9 Å². The number of hydrogen-bond donors (Lipinski definition) is 2. The third-order valence-electron chi connectivity index (χ3n) is 8.69. The Morgan fingerprint density at radius 2 is 1.91 bits per heavy atom. The van der Waals surface area contributed by atoms with Crippen LogP contribution in [0.25, 0.3) is 0 Å². The molecule has 0 unspecified atom stereocenters. The second-order valence-corrected chi connectivity index (χ2v) is 11.8. The van der Waals surface area contributed by atoms with Crippen molar-refractivity contribution in [1.82, 2.24) is 0 Å². The van der Waals surface area contributed by atoms with Crippen LogP contribution in [-0.2, 0) is 6.42 Å². The number of ether oxygens (including phenoxy) is 1. The fourth-order valence-corrected chi connectivity index (χ4v) is 6.31. The molecule has 0 spiro atoms. The number of allylic oxidation sites excluding steroid dienone is 2. The van der Waals surface area contributed by atoms with Crippen molar-refractivity contribution in [3.8, 4) is 17.2 Å². The molecular weight excluding hydrogens is 416 g/mol. The summed E-state index contributed by atoms with van der Waals surface area (Å²) in [6.07, 6.45) is 7.38. The van der Waals surface area contributed by atoms with Crippen LogP contribution in [0.1, 0.15) is 99.9 Å². The summed E-state index contributed by atoms with van der Waals surface area (Å²) in [5, 5.41) is 21.8. The predicted octanol–water partition coefficient (Wildman–Crippen LogP) is 6.24. The van der Waals surface area contributed by atoms with Crippen LogP contribution >= 0.6 is 0 Å². The van der Waals surface area contributed by atoms with Crippen LogP contribution in [0.4, 0.5) is 0 Å². The standard InChI is InChI=1S/C28H38O5/c1-15(2)11-22(30)23-25(32)19(14-29)24(31)18-12-17-9-7-16(3)8-10-20-21(27(20,4)5)13-28(17,6)33-26(18)23/h8,14-15,17,20-21,31-32H,7,9-13H2,1-6H3/b16-8+/t17-,20-,21+,28+/m0/s1. The number of benzene rings is 1. The Morgan fingerprint density at radius 3 is 2.55 bits per heavy atom. The number of phenolic OH excluding ortho intramolecular Hbond substituents is 2. The summed E-state index contributed by atoms with van der Waals surface area (Å²) in [6.45, 7) is 12.8. The number of phenols is 2. The zero-order chi connectivity index (χ0) is 24.3. The summed E-state index contributed by atoms with van der Waals surface area (Å²) in [5.41, 5.74) is 1.42. The van der Waals surface area contributed by atoms with Gasteiger partial charge in [0.2, 0.25) is 0 Å². The lowest BCUT2D eigenvalue weighted by molar-refractivity contribution is -0.0115. The lowest BCUT2D eigenvalue weighted by Gasteiger charge is -2.44. The van der Waals surface area contributed by atoms with Crippen LogP contribution in [0.15, 0.2) is 11.6 Å². The van der Waals surface area contributed by atoms with Crippen molar-refractivity contribution in [2.24, 2.45) is 29.1 Å². The Morgan fingerprint density at radius 1 is 1.21 bits per heavy atom. The summed E-state index contributed by atoms with van der Waals surface area (Å²) in [6, 6.07) is 0. The Kier molecular flexibility index (Phi) is 5.91. The van der Waals surface area contributed by atoms with E-state index in [1.54, 1.807) is 0 Å². The van der Waals surface area contributed by atoms with Gasteiger partial charge in [-0.15, -0.1) is 0 Å². The number of Topliss-reactive ketones (excluding diaryl/α,β-unsaturated/α-hetero) is 1. The second-order valence-electron chi connectivity index (χ2n) is 11.8. The smallest absolute Gasteiger partial charge is 0.170 e. The first-order valence-corrected chi connectivity index (χ1v) is 12.3. The Bertz CT molecular complexity index is 1020. The van der Waals surface area contributed by atoms with Crippen molar-refractivity contribution in [3.63, 3.8) is 0 Å². The number of hydrogen-bond acceptors (Lipinski definition) is 5. The van der Waals surface area contributed by atoms with Gasteiger partial charge in [-0.1, -0.05) is 39.3 Å². The number of rotatable bonds is 4. The SMILES string of the molecule is C/C1=C\C[C@H]2[C@@H](C[C@@]3(C)Oc4c(c(O)c(C=O)c(O)c4C(=O)CC(C)C)C[C@@H]3CC1)C2(C)C. The van der Waals surface area contributed by atoms with Crippen LogP contribution in [0, 0.1) is 29.1 Å². The molecule has 0 radical (unpaired) electrons. The molecule has 4 atom stereocenters. The predicted molar refractivity (Wildman–Crippen MR) is 128 cm³/mol. The van der Waals surface area contributed by atoms with E-state index in [4.69, 9.17) is 4.74 Å². The molecule has 2 aliphatic carbocycles. The first-order valence-electron chi connectivity index (χ1n) is 12.3. The topological polar surface area (TPSA) is 83.8 Å². The van der Waals surface area contributed by atoms with Gasteiger partial charge in [-0.3, -0.25) is 9.59 Å². The molecule has 0 bridgehead atoms. The lowest BCUT2D eigenvalue weighted by Crippen LogP contribution is -2.46. The molecule has 1 aliphatic heterocycles. The molecule has 0 saturated heterocycles. The number of carbonyl (C=O) groups is 2. The fraction of sp³-hybridized carbons (Fsp3) is 0.643. The fourth-order valence-electron chi connectivity index (χ4n) is 6.31. The van der Waals surface area contributed by atoms with Crippen LogP contribution in [0.2, 0.25) is 0 Å². The number of aldehydes is 1. The van der Waals surface area contributed by atoms with Gasteiger partial charge in [-0.2, -0.15) is 0 Å². The van der Waals surface area contributed by atoms with Crippen molar-refractivity contribution in [3.05, 3.63) is 28.3 Å². The van der Waals surface area contributed by atoms with E-state index in [1.807, 2.05) is 13.8 Å². The normalized spacial score (nSPS) is 31.8. The minimum Gasteiger partial charge on any atom is -0.507 e. The first kappa shape index (κ1) is 23.8. The van der Waals surface area contributed by atoms with Crippen molar-refractivity contribution >= 4 is 12.1 Å². The van der Waals surface area contributed by atoms with Gasteiger partial charge in [0.1, 0.15) is 28.4 Å². The highest BCUT2D eigenvalue weighted by Crippen LogP contribution is 2.65. The van der Waals surface area contributed by atoms with E-state index in [0.717, 1.165) is 25.7 Å². The number of fused-ring (bicyclic) bond motifs is 3. The molecule has 1 saturated carbocycles. The van der Waals surface area contributed by atoms with Gasteiger partial charge in [0.25, 0.3) is 0 Å². The summed E-state index contributed by atoms with van der Waals surface area (Å²) in [4.78, 5) is 24.9. The molecule has 0 aromatic heterocycles. The summed E-state index contributed by atoms with van der Waals surface area (Å²) in [7, 11) is 0. The van der Waals surface area contributed by atoms with Gasteiger partial charge in [0.05, 0.1) is 5.56 Å². The van der Waals surface area contributed by atoms with Gasteiger partial charge in [-0.25, -0.2) is 0 Å². The Balaban J connectivity index is 1.84. The third-order valence-corrected chi connectivity index (χ3v) is 8.69. The third kappa shape index (κ3) is 3.98. The lowest BCUT2D eigenvalue weighted by atomic mass is 9.73. The van der Waals surface area contributed by atoms with Gasteiger partial charge in [-0.05, 0) is 69.1 Å². The first-order chi connectivity index (χ1) is 15.4. The molecule has 33 heavy (non-hydrogen) atoms. The van der Waals surface area contributed by atoms with Gasteiger partial charge in [0, 0.05) is 17.9 Å².